The quantitative estimate of drug-likeness (QED) is 0.778. The molecule has 0 fully saturated rings. The van der Waals surface area contributed by atoms with Gasteiger partial charge in [-0.2, -0.15) is 0 Å². The van der Waals surface area contributed by atoms with Crippen LogP contribution in [0, 0.1) is 5.82 Å². The van der Waals surface area contributed by atoms with E-state index in [4.69, 9.17) is 0 Å². The summed E-state index contributed by atoms with van der Waals surface area (Å²) < 4.78 is 13.2. The molecule has 1 heterocycles. The Morgan fingerprint density at radius 1 is 1.06 bits per heavy atom. The predicted octanol–water partition coefficient (Wildman–Crippen LogP) is 3.93. The largest absolute Gasteiger partial charge is 0.378 e. The summed E-state index contributed by atoms with van der Waals surface area (Å²) >= 11 is 0. The first kappa shape index (κ1) is 10.3. The summed E-state index contributed by atoms with van der Waals surface area (Å²) in [5.41, 5.74) is 3.55. The van der Waals surface area contributed by atoms with Gasteiger partial charge in [0, 0.05) is 5.69 Å². The van der Waals surface area contributed by atoms with Gasteiger partial charge in [0.05, 0.1) is 6.04 Å². The smallest absolute Gasteiger partial charge is 0.123 e. The Morgan fingerprint density at radius 3 is 2.82 bits per heavy atom. The van der Waals surface area contributed by atoms with E-state index in [1.165, 1.54) is 17.3 Å². The van der Waals surface area contributed by atoms with Gasteiger partial charge in [-0.05, 0) is 42.2 Å². The summed E-state index contributed by atoms with van der Waals surface area (Å²) in [6.45, 7) is 0. The van der Waals surface area contributed by atoms with Gasteiger partial charge in [0.25, 0.3) is 0 Å². The Balaban J connectivity index is 1.89. The highest BCUT2D eigenvalue weighted by Crippen LogP contribution is 2.32. The Hall–Kier alpha value is -1.83. The fraction of sp³-hybridized carbons (Fsp3) is 0.200. The molecule has 0 spiro atoms. The van der Waals surface area contributed by atoms with Crippen molar-refractivity contribution >= 4 is 5.69 Å². The molecule has 1 unspecified atom stereocenters. The second kappa shape index (κ2) is 4.21. The highest BCUT2D eigenvalue weighted by molar-refractivity contribution is 5.54. The van der Waals surface area contributed by atoms with Gasteiger partial charge in [0.1, 0.15) is 5.82 Å². The lowest BCUT2D eigenvalue weighted by molar-refractivity contribution is 0.614. The second-order valence-electron chi connectivity index (χ2n) is 4.45. The molecule has 0 aliphatic carbocycles. The number of hydrogen-bond acceptors (Lipinski definition) is 1. The van der Waals surface area contributed by atoms with Crippen LogP contribution in [-0.2, 0) is 6.42 Å². The molecule has 0 aromatic heterocycles. The third-order valence-electron chi connectivity index (χ3n) is 3.30. The molecule has 1 atom stereocenters. The number of rotatable bonds is 1. The van der Waals surface area contributed by atoms with Crippen LogP contribution in [0.4, 0.5) is 10.1 Å². The third-order valence-corrected chi connectivity index (χ3v) is 3.30. The average Bonchev–Trinajstić information content (AvgIpc) is 2.38. The van der Waals surface area contributed by atoms with Crippen LogP contribution in [0.2, 0.25) is 0 Å². The number of fused-ring (bicyclic) bond motifs is 1. The predicted molar refractivity (Wildman–Crippen MR) is 67.5 cm³/mol. The fourth-order valence-electron chi connectivity index (χ4n) is 2.41. The van der Waals surface area contributed by atoms with Crippen LogP contribution in [-0.4, -0.2) is 0 Å². The van der Waals surface area contributed by atoms with Crippen molar-refractivity contribution in [1.82, 2.24) is 0 Å². The van der Waals surface area contributed by atoms with Gasteiger partial charge in [-0.1, -0.05) is 30.3 Å². The maximum absolute atomic E-state index is 13.2. The number of aryl methyl sites for hydroxylation is 1. The molecule has 1 nitrogen and oxygen atoms in total. The standard InChI is InChI=1S/C15H14FN/c16-13-6-3-5-12(10-13)15-9-8-11-4-1-2-7-14(11)17-15/h1-7,10,15,17H,8-9H2. The highest BCUT2D eigenvalue weighted by atomic mass is 19.1. The van der Waals surface area contributed by atoms with Gasteiger partial charge in [-0.15, -0.1) is 0 Å². The van der Waals surface area contributed by atoms with Crippen LogP contribution in [0.1, 0.15) is 23.6 Å². The van der Waals surface area contributed by atoms with Gasteiger partial charge < -0.3 is 5.32 Å². The van der Waals surface area contributed by atoms with E-state index in [0.29, 0.717) is 0 Å². The lowest BCUT2D eigenvalue weighted by atomic mass is 9.93. The molecule has 0 radical (unpaired) electrons. The van der Waals surface area contributed by atoms with Crippen molar-refractivity contribution in [2.45, 2.75) is 18.9 Å². The first-order valence-electron chi connectivity index (χ1n) is 5.93. The van der Waals surface area contributed by atoms with Gasteiger partial charge in [-0.25, -0.2) is 4.39 Å². The zero-order valence-corrected chi connectivity index (χ0v) is 9.49. The highest BCUT2D eigenvalue weighted by Gasteiger charge is 2.18. The number of halogens is 1. The van der Waals surface area contributed by atoms with Gasteiger partial charge in [-0.3, -0.25) is 0 Å². The second-order valence-corrected chi connectivity index (χ2v) is 4.45. The lowest BCUT2D eigenvalue weighted by Gasteiger charge is -2.27. The Labute approximate surface area is 100 Å². The fourth-order valence-corrected chi connectivity index (χ4v) is 2.41. The molecule has 2 aromatic carbocycles. The zero-order valence-electron chi connectivity index (χ0n) is 9.49. The monoisotopic (exact) mass is 227 g/mol. The first-order chi connectivity index (χ1) is 8.33. The summed E-state index contributed by atoms with van der Waals surface area (Å²) in [5.74, 6) is -0.164. The third kappa shape index (κ3) is 2.03. The minimum atomic E-state index is -0.164. The lowest BCUT2D eigenvalue weighted by Crippen LogP contribution is -2.17. The molecule has 17 heavy (non-hydrogen) atoms. The Kier molecular flexibility index (Phi) is 2.56. The normalized spacial score (nSPS) is 18.3. The maximum atomic E-state index is 13.2. The minimum absolute atomic E-state index is 0.164. The Bertz CT molecular complexity index is 536. The van der Waals surface area contributed by atoms with Crippen LogP contribution in [0.15, 0.2) is 48.5 Å². The van der Waals surface area contributed by atoms with E-state index >= 15 is 0 Å². The van der Waals surface area contributed by atoms with Gasteiger partial charge in [0.2, 0.25) is 0 Å². The number of hydrogen-bond donors (Lipinski definition) is 1. The molecule has 3 rings (SSSR count). The summed E-state index contributed by atoms with van der Waals surface area (Å²) in [4.78, 5) is 0. The van der Waals surface area contributed by atoms with E-state index in [0.717, 1.165) is 18.4 Å². The van der Waals surface area contributed by atoms with Gasteiger partial charge >= 0.3 is 0 Å². The number of para-hydroxylation sites is 1. The summed E-state index contributed by atoms with van der Waals surface area (Å²) in [5, 5.41) is 3.47. The number of anilines is 1. The topological polar surface area (TPSA) is 12.0 Å². The van der Waals surface area contributed by atoms with E-state index in [-0.39, 0.29) is 11.9 Å². The summed E-state index contributed by atoms with van der Waals surface area (Å²) in [6, 6.07) is 15.4. The SMILES string of the molecule is Fc1cccc(C2CCc3ccccc3N2)c1. The molecule has 0 amide bonds. The van der Waals surface area contributed by atoms with E-state index in [1.807, 2.05) is 12.1 Å². The van der Waals surface area contributed by atoms with Crippen LogP contribution < -0.4 is 5.32 Å². The maximum Gasteiger partial charge on any atom is 0.123 e. The number of benzene rings is 2. The van der Waals surface area contributed by atoms with Crippen LogP contribution >= 0.6 is 0 Å². The molecular formula is C15H14FN. The summed E-state index contributed by atoms with van der Waals surface area (Å²) in [6.07, 6.45) is 2.06. The van der Waals surface area contributed by atoms with Crippen molar-refractivity contribution in [3.05, 3.63) is 65.5 Å². The molecule has 1 aliphatic heterocycles. The van der Waals surface area contributed by atoms with Gasteiger partial charge in [0.15, 0.2) is 0 Å². The van der Waals surface area contributed by atoms with Crippen LogP contribution in [0.3, 0.4) is 0 Å². The molecule has 86 valence electrons. The Morgan fingerprint density at radius 2 is 1.94 bits per heavy atom. The van der Waals surface area contributed by atoms with E-state index in [1.54, 1.807) is 12.1 Å². The van der Waals surface area contributed by atoms with Crippen LogP contribution in [0.25, 0.3) is 0 Å². The molecule has 0 bridgehead atoms. The van der Waals surface area contributed by atoms with Crippen molar-refractivity contribution in [2.75, 3.05) is 5.32 Å². The molecule has 1 aliphatic rings. The summed E-state index contributed by atoms with van der Waals surface area (Å²) in [7, 11) is 0. The molecular weight excluding hydrogens is 213 g/mol. The molecule has 0 saturated heterocycles. The van der Waals surface area contributed by atoms with Crippen molar-refractivity contribution in [1.29, 1.82) is 0 Å². The van der Waals surface area contributed by atoms with Crippen molar-refractivity contribution in [3.63, 3.8) is 0 Å². The molecule has 1 N–H and O–H groups in total. The van der Waals surface area contributed by atoms with Crippen molar-refractivity contribution < 1.29 is 4.39 Å². The van der Waals surface area contributed by atoms with E-state index in [9.17, 15) is 4.39 Å². The molecule has 0 saturated carbocycles. The zero-order chi connectivity index (χ0) is 11.7. The molecule has 2 aromatic rings. The van der Waals surface area contributed by atoms with E-state index in [2.05, 4.69) is 23.5 Å². The minimum Gasteiger partial charge on any atom is -0.378 e. The van der Waals surface area contributed by atoms with Crippen molar-refractivity contribution in [3.8, 4) is 0 Å². The van der Waals surface area contributed by atoms with E-state index < -0.39 is 0 Å². The average molecular weight is 227 g/mol. The van der Waals surface area contributed by atoms with Crippen LogP contribution in [0.5, 0.6) is 0 Å². The first-order valence-corrected chi connectivity index (χ1v) is 5.93. The van der Waals surface area contributed by atoms with Crippen molar-refractivity contribution in [2.24, 2.45) is 0 Å². The molecule has 2 heteroatoms. The number of nitrogens with one attached hydrogen (secondary N) is 1.